The number of amides is 1. The van der Waals surface area contributed by atoms with Crippen LogP contribution in [0.5, 0.6) is 5.75 Å². The SMILES string of the molecule is CN(C)C(=O)c1cc(I)ncc1OC1CC1. The normalized spacial score (nSPS) is 14.7. The summed E-state index contributed by atoms with van der Waals surface area (Å²) in [5, 5.41) is 0. The maximum Gasteiger partial charge on any atom is 0.257 e. The molecule has 4 nitrogen and oxygen atoms in total. The lowest BCUT2D eigenvalue weighted by Gasteiger charge is -2.14. The van der Waals surface area contributed by atoms with Gasteiger partial charge in [0.25, 0.3) is 5.91 Å². The first-order valence-electron chi connectivity index (χ1n) is 5.12. The first kappa shape index (κ1) is 11.6. The van der Waals surface area contributed by atoms with Crippen LogP contribution in [0.15, 0.2) is 12.3 Å². The Morgan fingerprint density at radius 3 is 2.81 bits per heavy atom. The number of carbonyl (C=O) groups excluding carboxylic acids is 1. The van der Waals surface area contributed by atoms with Crippen LogP contribution in [0.25, 0.3) is 0 Å². The minimum absolute atomic E-state index is 0.0454. The van der Waals surface area contributed by atoms with Crippen molar-refractivity contribution in [3.8, 4) is 5.75 Å². The van der Waals surface area contributed by atoms with Gasteiger partial charge in [-0.3, -0.25) is 4.79 Å². The van der Waals surface area contributed by atoms with Gasteiger partial charge in [0.15, 0.2) is 5.75 Å². The molecule has 1 heterocycles. The molecule has 0 spiro atoms. The number of rotatable bonds is 3. The molecule has 0 bridgehead atoms. The van der Waals surface area contributed by atoms with Crippen LogP contribution in [0.1, 0.15) is 23.2 Å². The largest absolute Gasteiger partial charge is 0.488 e. The summed E-state index contributed by atoms with van der Waals surface area (Å²) in [7, 11) is 3.47. The van der Waals surface area contributed by atoms with Crippen LogP contribution in [-0.4, -0.2) is 36.0 Å². The van der Waals surface area contributed by atoms with Crippen molar-refractivity contribution in [2.45, 2.75) is 18.9 Å². The Morgan fingerprint density at radius 2 is 2.25 bits per heavy atom. The van der Waals surface area contributed by atoms with Crippen molar-refractivity contribution in [1.82, 2.24) is 9.88 Å². The van der Waals surface area contributed by atoms with E-state index in [0.29, 0.717) is 11.3 Å². The van der Waals surface area contributed by atoms with Crippen molar-refractivity contribution in [3.05, 3.63) is 21.5 Å². The number of nitrogens with zero attached hydrogens (tertiary/aromatic N) is 2. The van der Waals surface area contributed by atoms with Gasteiger partial charge in [0.2, 0.25) is 0 Å². The zero-order chi connectivity index (χ0) is 11.7. The van der Waals surface area contributed by atoms with E-state index in [1.807, 2.05) is 0 Å². The monoisotopic (exact) mass is 332 g/mol. The summed E-state index contributed by atoms with van der Waals surface area (Å²) in [6.45, 7) is 0. The van der Waals surface area contributed by atoms with Gasteiger partial charge in [0.1, 0.15) is 3.70 Å². The molecule has 1 aromatic rings. The molecular formula is C11H13IN2O2. The zero-order valence-corrected chi connectivity index (χ0v) is 11.4. The van der Waals surface area contributed by atoms with Gasteiger partial charge >= 0.3 is 0 Å². The van der Waals surface area contributed by atoms with Crippen molar-refractivity contribution in [3.63, 3.8) is 0 Å². The van der Waals surface area contributed by atoms with Gasteiger partial charge in [-0.2, -0.15) is 0 Å². The first-order valence-corrected chi connectivity index (χ1v) is 6.19. The molecule has 2 rings (SSSR count). The molecule has 1 aliphatic rings. The fraction of sp³-hybridized carbons (Fsp3) is 0.455. The fourth-order valence-corrected chi connectivity index (χ4v) is 1.74. The maximum atomic E-state index is 11.9. The Kier molecular flexibility index (Phi) is 3.32. The summed E-state index contributed by atoms with van der Waals surface area (Å²) in [6.07, 6.45) is 4.05. The van der Waals surface area contributed by atoms with E-state index in [0.717, 1.165) is 16.5 Å². The molecule has 0 radical (unpaired) electrons. The van der Waals surface area contributed by atoms with Crippen molar-refractivity contribution in [2.75, 3.05) is 14.1 Å². The van der Waals surface area contributed by atoms with Gasteiger partial charge in [-0.1, -0.05) is 0 Å². The van der Waals surface area contributed by atoms with Crippen molar-refractivity contribution >= 4 is 28.5 Å². The van der Waals surface area contributed by atoms with Crippen molar-refractivity contribution in [2.24, 2.45) is 0 Å². The molecule has 1 fully saturated rings. The summed E-state index contributed by atoms with van der Waals surface area (Å²) in [4.78, 5) is 17.6. The van der Waals surface area contributed by atoms with Crippen LogP contribution in [0.4, 0.5) is 0 Å². The maximum absolute atomic E-state index is 11.9. The summed E-state index contributed by atoms with van der Waals surface area (Å²) in [6, 6.07) is 1.76. The number of halogens is 1. The number of pyridine rings is 1. The lowest BCUT2D eigenvalue weighted by Crippen LogP contribution is -2.23. The minimum atomic E-state index is -0.0454. The van der Waals surface area contributed by atoms with E-state index >= 15 is 0 Å². The van der Waals surface area contributed by atoms with Gasteiger partial charge in [-0.15, -0.1) is 0 Å². The van der Waals surface area contributed by atoms with E-state index < -0.39 is 0 Å². The molecule has 5 heteroatoms. The average molecular weight is 332 g/mol. The number of carbonyl (C=O) groups is 1. The Hall–Kier alpha value is -0.850. The molecule has 86 valence electrons. The Bertz CT molecular complexity index is 416. The van der Waals surface area contributed by atoms with Crippen LogP contribution >= 0.6 is 22.6 Å². The highest BCUT2D eigenvalue weighted by Crippen LogP contribution is 2.29. The predicted octanol–water partition coefficient (Wildman–Crippen LogP) is 1.93. The predicted molar refractivity (Wildman–Crippen MR) is 68.6 cm³/mol. The van der Waals surface area contributed by atoms with E-state index in [1.165, 1.54) is 0 Å². The third-order valence-corrected chi connectivity index (χ3v) is 2.88. The third-order valence-electron chi connectivity index (χ3n) is 2.29. The van der Waals surface area contributed by atoms with Crippen LogP contribution in [0.2, 0.25) is 0 Å². The molecule has 0 aromatic carbocycles. The summed E-state index contributed by atoms with van der Waals surface area (Å²) >= 11 is 2.09. The molecule has 0 saturated heterocycles. The molecule has 0 N–H and O–H groups in total. The van der Waals surface area contributed by atoms with E-state index in [9.17, 15) is 4.79 Å². The van der Waals surface area contributed by atoms with Crippen molar-refractivity contribution < 1.29 is 9.53 Å². The van der Waals surface area contributed by atoms with Gasteiger partial charge in [-0.05, 0) is 41.5 Å². The van der Waals surface area contributed by atoms with Crippen LogP contribution in [-0.2, 0) is 0 Å². The zero-order valence-electron chi connectivity index (χ0n) is 9.24. The smallest absolute Gasteiger partial charge is 0.257 e. The highest BCUT2D eigenvalue weighted by molar-refractivity contribution is 14.1. The summed E-state index contributed by atoms with van der Waals surface area (Å²) in [5.41, 5.74) is 0.594. The van der Waals surface area contributed by atoms with E-state index in [1.54, 1.807) is 31.3 Å². The number of hydrogen-bond acceptors (Lipinski definition) is 3. The topological polar surface area (TPSA) is 42.4 Å². The van der Waals surface area contributed by atoms with E-state index in [2.05, 4.69) is 27.6 Å². The Labute approximate surface area is 108 Å². The van der Waals surface area contributed by atoms with Gasteiger partial charge in [0.05, 0.1) is 17.9 Å². The quantitative estimate of drug-likeness (QED) is 0.627. The summed E-state index contributed by atoms with van der Waals surface area (Å²) < 4.78 is 6.47. The second kappa shape index (κ2) is 4.57. The van der Waals surface area contributed by atoms with Crippen LogP contribution in [0, 0.1) is 3.70 Å². The van der Waals surface area contributed by atoms with Crippen LogP contribution in [0.3, 0.4) is 0 Å². The average Bonchev–Trinajstić information content (AvgIpc) is 3.03. The molecular weight excluding hydrogens is 319 g/mol. The highest BCUT2D eigenvalue weighted by Gasteiger charge is 2.26. The van der Waals surface area contributed by atoms with E-state index in [4.69, 9.17) is 4.74 Å². The second-order valence-electron chi connectivity index (χ2n) is 4.02. The van der Waals surface area contributed by atoms with Gasteiger partial charge in [-0.25, -0.2) is 4.98 Å². The first-order chi connectivity index (χ1) is 7.58. The Balaban J connectivity index is 2.30. The van der Waals surface area contributed by atoms with E-state index in [-0.39, 0.29) is 12.0 Å². The van der Waals surface area contributed by atoms with Gasteiger partial charge in [0, 0.05) is 14.1 Å². The van der Waals surface area contributed by atoms with Crippen LogP contribution < -0.4 is 4.74 Å². The number of hydrogen-bond donors (Lipinski definition) is 0. The number of aromatic nitrogens is 1. The Morgan fingerprint density at radius 1 is 1.56 bits per heavy atom. The van der Waals surface area contributed by atoms with Crippen molar-refractivity contribution in [1.29, 1.82) is 0 Å². The lowest BCUT2D eigenvalue weighted by atomic mass is 10.2. The molecule has 0 aliphatic heterocycles. The molecule has 1 aliphatic carbocycles. The molecule has 16 heavy (non-hydrogen) atoms. The molecule has 1 aromatic heterocycles. The second-order valence-corrected chi connectivity index (χ2v) is 5.13. The molecule has 0 unspecified atom stereocenters. The lowest BCUT2D eigenvalue weighted by molar-refractivity contribution is 0.0822. The molecule has 1 amide bonds. The van der Waals surface area contributed by atoms with Gasteiger partial charge < -0.3 is 9.64 Å². The summed E-state index contributed by atoms with van der Waals surface area (Å²) in [5.74, 6) is 0.553. The fourth-order valence-electron chi connectivity index (χ4n) is 1.28. The molecule has 0 atom stereocenters. The highest BCUT2D eigenvalue weighted by atomic mass is 127. The third kappa shape index (κ3) is 2.63. The molecule has 1 saturated carbocycles. The standard InChI is InChI=1S/C11H13IN2O2/c1-14(2)11(15)8-5-10(12)13-6-9(8)16-7-3-4-7/h5-7H,3-4H2,1-2H3. The minimum Gasteiger partial charge on any atom is -0.488 e. The number of ether oxygens (including phenoxy) is 1.